The Labute approximate surface area is 188 Å². The molecule has 154 valence electrons. The van der Waals surface area contributed by atoms with Crippen molar-refractivity contribution in [1.29, 1.82) is 0 Å². The van der Waals surface area contributed by atoms with Gasteiger partial charge in [-0.2, -0.15) is 5.06 Å². The summed E-state index contributed by atoms with van der Waals surface area (Å²) in [6, 6.07) is 10.7. The van der Waals surface area contributed by atoms with Crippen LogP contribution in [0, 0.1) is 0 Å². The molecule has 8 nitrogen and oxygen atoms in total. The van der Waals surface area contributed by atoms with E-state index in [2.05, 4.69) is 31.9 Å². The maximum absolute atomic E-state index is 12.9. The number of halogens is 2. The van der Waals surface area contributed by atoms with E-state index in [1.165, 1.54) is 0 Å². The summed E-state index contributed by atoms with van der Waals surface area (Å²) in [7, 11) is 0. The largest absolute Gasteiger partial charge is 0.312 e. The Morgan fingerprint density at radius 2 is 1.03 bits per heavy atom. The zero-order valence-electron chi connectivity index (χ0n) is 15.4. The molecule has 0 saturated carbocycles. The van der Waals surface area contributed by atoms with Crippen LogP contribution in [0.25, 0.3) is 0 Å². The fourth-order valence-electron chi connectivity index (χ4n) is 3.59. The van der Waals surface area contributed by atoms with Crippen molar-refractivity contribution in [3.63, 3.8) is 0 Å². The van der Waals surface area contributed by atoms with Crippen molar-refractivity contribution in [3.8, 4) is 0 Å². The Hall–Kier alpha value is -2.40. The molecule has 2 aliphatic rings. The van der Waals surface area contributed by atoms with Crippen LogP contribution in [0.4, 0.5) is 11.4 Å². The zero-order chi connectivity index (χ0) is 21.6. The van der Waals surface area contributed by atoms with Gasteiger partial charge in [-0.25, -0.2) is 9.80 Å². The standard InChI is InChI=1S/C20H15Br2N3O5/c21-11-1-5-13(6-2-11)23-17(26)9-15(19(23)28)25(30)16-10-18(27)24(20(16)29)14-7-3-12(22)4-8-14/h1-8,15-16,30H,9-10H2/t15-,16-/m1/s1. The van der Waals surface area contributed by atoms with Gasteiger partial charge in [-0.15, -0.1) is 0 Å². The first-order valence-electron chi connectivity index (χ1n) is 9.00. The number of carbonyl (C=O) groups is 4. The van der Waals surface area contributed by atoms with Gasteiger partial charge in [-0.3, -0.25) is 19.2 Å². The van der Waals surface area contributed by atoms with E-state index in [0.29, 0.717) is 16.4 Å². The molecule has 2 saturated heterocycles. The molecule has 0 bridgehead atoms. The Kier molecular flexibility index (Phi) is 5.58. The van der Waals surface area contributed by atoms with Crippen LogP contribution in [0.15, 0.2) is 57.5 Å². The second-order valence-electron chi connectivity index (χ2n) is 6.91. The van der Waals surface area contributed by atoms with Gasteiger partial charge in [0, 0.05) is 8.95 Å². The van der Waals surface area contributed by atoms with Crippen molar-refractivity contribution in [2.75, 3.05) is 9.80 Å². The molecule has 2 fully saturated rings. The number of rotatable bonds is 4. The minimum absolute atomic E-state index is 0.290. The highest BCUT2D eigenvalue weighted by molar-refractivity contribution is 9.10. The number of hydrogen-bond acceptors (Lipinski definition) is 6. The van der Waals surface area contributed by atoms with Crippen LogP contribution in [-0.4, -0.2) is 46.0 Å². The Morgan fingerprint density at radius 3 is 1.37 bits per heavy atom. The van der Waals surface area contributed by atoms with Gasteiger partial charge < -0.3 is 5.21 Å². The van der Waals surface area contributed by atoms with Crippen LogP contribution in [0.1, 0.15) is 12.8 Å². The van der Waals surface area contributed by atoms with Crippen LogP contribution < -0.4 is 9.80 Å². The predicted molar refractivity (Wildman–Crippen MR) is 114 cm³/mol. The monoisotopic (exact) mass is 535 g/mol. The number of carbonyl (C=O) groups excluding carboxylic acids is 4. The van der Waals surface area contributed by atoms with E-state index in [9.17, 15) is 24.4 Å². The Bertz CT molecular complexity index is 958. The van der Waals surface area contributed by atoms with Crippen LogP contribution in [0.2, 0.25) is 0 Å². The van der Waals surface area contributed by atoms with E-state index in [1.807, 2.05) is 0 Å². The van der Waals surface area contributed by atoms with Crippen LogP contribution in [0.3, 0.4) is 0 Å². The minimum atomic E-state index is -1.24. The summed E-state index contributed by atoms with van der Waals surface area (Å²) in [4.78, 5) is 52.6. The lowest BCUT2D eigenvalue weighted by Gasteiger charge is -2.25. The highest BCUT2D eigenvalue weighted by Gasteiger charge is 2.50. The third-order valence-electron chi connectivity index (χ3n) is 5.05. The lowest BCUT2D eigenvalue weighted by atomic mass is 10.1. The molecule has 4 rings (SSSR count). The van der Waals surface area contributed by atoms with Gasteiger partial charge in [-0.1, -0.05) is 31.9 Å². The first-order chi connectivity index (χ1) is 14.3. The second-order valence-corrected chi connectivity index (χ2v) is 8.74. The SMILES string of the molecule is O=C1C[C@@H](N(O)[C@@H]2CC(=O)N(c3ccc(Br)cc3)C2=O)C(=O)N1c1ccc(Br)cc1. The molecule has 2 heterocycles. The summed E-state index contributed by atoms with van der Waals surface area (Å²) in [5, 5.41) is 11.2. The van der Waals surface area contributed by atoms with Crippen molar-refractivity contribution in [2.45, 2.75) is 24.9 Å². The lowest BCUT2D eigenvalue weighted by Crippen LogP contribution is -2.49. The van der Waals surface area contributed by atoms with Crippen molar-refractivity contribution >= 4 is 66.9 Å². The summed E-state index contributed by atoms with van der Waals surface area (Å²) in [5.41, 5.74) is 0.740. The normalized spacial score (nSPS) is 22.0. The summed E-state index contributed by atoms with van der Waals surface area (Å²) in [6.07, 6.45) is -0.580. The van der Waals surface area contributed by atoms with Crippen molar-refractivity contribution < 1.29 is 24.4 Å². The molecule has 1 N–H and O–H groups in total. The number of hydroxylamine groups is 2. The maximum Gasteiger partial charge on any atom is 0.254 e. The molecule has 10 heteroatoms. The number of nitrogens with zero attached hydrogens (tertiary/aromatic N) is 3. The Morgan fingerprint density at radius 1 is 0.700 bits per heavy atom. The van der Waals surface area contributed by atoms with E-state index in [4.69, 9.17) is 0 Å². The summed E-state index contributed by atoms with van der Waals surface area (Å²) in [5.74, 6) is -2.28. The number of amides is 4. The van der Waals surface area contributed by atoms with Crippen LogP contribution in [-0.2, 0) is 19.2 Å². The third-order valence-corrected chi connectivity index (χ3v) is 6.11. The van der Waals surface area contributed by atoms with E-state index in [0.717, 1.165) is 18.7 Å². The van der Waals surface area contributed by atoms with Crippen molar-refractivity contribution in [2.24, 2.45) is 0 Å². The molecular formula is C20H15Br2N3O5. The number of hydrogen-bond donors (Lipinski definition) is 1. The van der Waals surface area contributed by atoms with Gasteiger partial charge in [0.15, 0.2) is 0 Å². The molecular weight excluding hydrogens is 522 g/mol. The zero-order valence-corrected chi connectivity index (χ0v) is 18.5. The molecule has 2 aromatic rings. The van der Waals surface area contributed by atoms with Gasteiger partial charge in [0.25, 0.3) is 11.8 Å². The molecule has 0 aromatic heterocycles. The number of anilines is 2. The predicted octanol–water partition coefficient (Wildman–Crippen LogP) is 2.87. The highest BCUT2D eigenvalue weighted by Crippen LogP contribution is 2.31. The summed E-state index contributed by atoms with van der Waals surface area (Å²) >= 11 is 6.58. The molecule has 4 amide bonds. The molecule has 30 heavy (non-hydrogen) atoms. The maximum atomic E-state index is 12.9. The third kappa shape index (κ3) is 3.60. The smallest absolute Gasteiger partial charge is 0.254 e. The van der Waals surface area contributed by atoms with Crippen molar-refractivity contribution in [1.82, 2.24) is 5.06 Å². The Balaban J connectivity index is 1.55. The van der Waals surface area contributed by atoms with Gasteiger partial charge in [0.05, 0.1) is 24.2 Å². The average Bonchev–Trinajstić information content (AvgIpc) is 3.18. The van der Waals surface area contributed by atoms with E-state index in [-0.39, 0.29) is 12.8 Å². The molecule has 0 spiro atoms. The molecule has 0 aliphatic carbocycles. The lowest BCUT2D eigenvalue weighted by molar-refractivity contribution is -0.172. The summed E-state index contributed by atoms with van der Waals surface area (Å²) in [6.45, 7) is 0. The second kappa shape index (κ2) is 8.03. The van der Waals surface area contributed by atoms with E-state index >= 15 is 0 Å². The molecule has 2 aromatic carbocycles. The highest BCUT2D eigenvalue weighted by atomic mass is 79.9. The van der Waals surface area contributed by atoms with E-state index in [1.54, 1.807) is 48.5 Å². The average molecular weight is 537 g/mol. The fraction of sp³-hybridized carbons (Fsp3) is 0.200. The van der Waals surface area contributed by atoms with Gasteiger partial charge in [0.2, 0.25) is 11.8 Å². The van der Waals surface area contributed by atoms with Crippen molar-refractivity contribution in [3.05, 3.63) is 57.5 Å². The molecule has 0 radical (unpaired) electrons. The van der Waals surface area contributed by atoms with Gasteiger partial charge >= 0.3 is 0 Å². The van der Waals surface area contributed by atoms with Gasteiger partial charge in [-0.05, 0) is 48.5 Å². The quantitative estimate of drug-likeness (QED) is 0.476. The topological polar surface area (TPSA) is 98.2 Å². The van der Waals surface area contributed by atoms with Gasteiger partial charge in [0.1, 0.15) is 12.1 Å². The first-order valence-corrected chi connectivity index (χ1v) is 10.6. The number of benzene rings is 2. The van der Waals surface area contributed by atoms with Crippen LogP contribution >= 0.6 is 31.9 Å². The minimum Gasteiger partial charge on any atom is -0.312 e. The molecule has 2 aliphatic heterocycles. The first kappa shape index (κ1) is 20.9. The summed E-state index contributed by atoms with van der Waals surface area (Å²) < 4.78 is 1.57. The fourth-order valence-corrected chi connectivity index (χ4v) is 4.11. The van der Waals surface area contributed by atoms with E-state index < -0.39 is 35.7 Å². The molecule has 2 atom stereocenters. The number of imide groups is 2. The van der Waals surface area contributed by atoms with Crippen LogP contribution in [0.5, 0.6) is 0 Å². The molecule has 0 unspecified atom stereocenters.